The first-order valence-corrected chi connectivity index (χ1v) is 13.4. The van der Waals surface area contributed by atoms with Crippen molar-refractivity contribution < 1.29 is 24.5 Å². The highest BCUT2D eigenvalue weighted by molar-refractivity contribution is 7.20. The first-order valence-electron chi connectivity index (χ1n) is 12.6. The molecule has 2 N–H and O–H groups in total. The number of hydrogen-bond acceptors (Lipinski definition) is 6. The number of benzene rings is 1. The monoisotopic (exact) mass is 524 g/mol. The Labute approximate surface area is 222 Å². The Morgan fingerprint density at radius 1 is 1.08 bits per heavy atom. The van der Waals surface area contributed by atoms with E-state index in [-0.39, 0.29) is 10.3 Å². The molecular formula is C29H36N2O5S. The van der Waals surface area contributed by atoms with E-state index in [0.717, 1.165) is 58.5 Å². The molecule has 198 valence electrons. The SMILES string of the molecule is Cc1nc(C)c([C@H](OC(C)(C)C)C(=O)O)c(N2CCC(C)(C)CC2)c1-c1ccc2sc(C(=O)O)cc2c1. The van der Waals surface area contributed by atoms with Crippen LogP contribution in [0.15, 0.2) is 24.3 Å². The first kappa shape index (κ1) is 27.1. The van der Waals surface area contributed by atoms with Gasteiger partial charge in [-0.2, -0.15) is 0 Å². The molecular weight excluding hydrogens is 488 g/mol. The molecule has 0 spiro atoms. The summed E-state index contributed by atoms with van der Waals surface area (Å²) in [5.74, 6) is -1.99. The van der Waals surface area contributed by atoms with E-state index >= 15 is 0 Å². The Kier molecular flexibility index (Phi) is 7.12. The van der Waals surface area contributed by atoms with E-state index in [1.54, 1.807) is 6.07 Å². The number of aliphatic carboxylic acids is 1. The van der Waals surface area contributed by atoms with Crippen molar-refractivity contribution in [3.05, 3.63) is 46.1 Å². The zero-order valence-corrected chi connectivity index (χ0v) is 23.5. The van der Waals surface area contributed by atoms with Crippen molar-refractivity contribution in [3.63, 3.8) is 0 Å². The summed E-state index contributed by atoms with van der Waals surface area (Å²) in [5, 5.41) is 20.6. The number of ether oxygens (including phenoxy) is 1. The second-order valence-electron chi connectivity index (χ2n) is 11.7. The third-order valence-electron chi connectivity index (χ3n) is 6.99. The number of nitrogens with zero attached hydrogens (tertiary/aromatic N) is 2. The summed E-state index contributed by atoms with van der Waals surface area (Å²) < 4.78 is 7.03. The Balaban J connectivity index is 1.99. The zero-order valence-electron chi connectivity index (χ0n) is 22.6. The number of aryl methyl sites for hydroxylation is 2. The quantitative estimate of drug-likeness (QED) is 0.364. The summed E-state index contributed by atoms with van der Waals surface area (Å²) in [6.45, 7) is 15.5. The molecule has 0 bridgehead atoms. The number of rotatable bonds is 6. The molecule has 0 amide bonds. The number of carboxylic acids is 2. The van der Waals surface area contributed by atoms with Crippen molar-refractivity contribution in [3.8, 4) is 11.1 Å². The fourth-order valence-electron chi connectivity index (χ4n) is 5.06. The van der Waals surface area contributed by atoms with Crippen LogP contribution < -0.4 is 4.90 Å². The lowest BCUT2D eigenvalue weighted by Crippen LogP contribution is -2.39. The molecule has 0 aliphatic carbocycles. The van der Waals surface area contributed by atoms with E-state index in [9.17, 15) is 19.8 Å². The van der Waals surface area contributed by atoms with E-state index in [4.69, 9.17) is 9.72 Å². The number of thiophene rings is 1. The lowest BCUT2D eigenvalue weighted by atomic mass is 9.81. The second kappa shape index (κ2) is 9.72. The molecule has 1 saturated heterocycles. The van der Waals surface area contributed by atoms with Crippen molar-refractivity contribution in [2.45, 2.75) is 73.0 Å². The molecule has 0 unspecified atom stereocenters. The smallest absolute Gasteiger partial charge is 0.345 e. The van der Waals surface area contributed by atoms with Gasteiger partial charge in [-0.15, -0.1) is 11.3 Å². The molecule has 3 heterocycles. The van der Waals surface area contributed by atoms with Gasteiger partial charge in [-0.1, -0.05) is 19.9 Å². The minimum absolute atomic E-state index is 0.213. The number of aromatic nitrogens is 1. The van der Waals surface area contributed by atoms with Gasteiger partial charge in [0.25, 0.3) is 0 Å². The fourth-order valence-corrected chi connectivity index (χ4v) is 5.94. The van der Waals surface area contributed by atoms with Crippen LogP contribution in [0.25, 0.3) is 21.2 Å². The Morgan fingerprint density at radius 3 is 2.30 bits per heavy atom. The molecule has 1 aliphatic rings. The fraction of sp³-hybridized carbons (Fsp3) is 0.483. The Bertz CT molecular complexity index is 1360. The summed E-state index contributed by atoms with van der Waals surface area (Å²) in [6, 6.07) is 7.59. The van der Waals surface area contributed by atoms with Gasteiger partial charge < -0.3 is 19.8 Å². The molecule has 8 heteroatoms. The van der Waals surface area contributed by atoms with Gasteiger partial charge in [0.2, 0.25) is 0 Å². The third kappa shape index (κ3) is 5.65. The minimum atomic E-state index is -1.18. The molecule has 0 radical (unpaired) electrons. The summed E-state index contributed by atoms with van der Waals surface area (Å²) in [6.07, 6.45) is 0.783. The van der Waals surface area contributed by atoms with Crippen LogP contribution in [-0.2, 0) is 9.53 Å². The van der Waals surface area contributed by atoms with Crippen LogP contribution in [0.4, 0.5) is 5.69 Å². The average molecular weight is 525 g/mol. The molecule has 37 heavy (non-hydrogen) atoms. The predicted octanol–water partition coefficient (Wildman–Crippen LogP) is 6.85. The van der Waals surface area contributed by atoms with Gasteiger partial charge in [0.15, 0.2) is 6.10 Å². The summed E-state index contributed by atoms with van der Waals surface area (Å²) in [7, 11) is 0. The zero-order chi connectivity index (χ0) is 27.3. The Hall–Kier alpha value is -2.97. The van der Waals surface area contributed by atoms with E-state index in [1.165, 1.54) is 11.3 Å². The lowest BCUT2D eigenvalue weighted by molar-refractivity contribution is -0.160. The van der Waals surface area contributed by atoms with E-state index in [0.29, 0.717) is 11.3 Å². The number of carbonyl (C=O) groups is 2. The van der Waals surface area contributed by atoms with Crippen LogP contribution >= 0.6 is 11.3 Å². The maximum absolute atomic E-state index is 12.6. The minimum Gasteiger partial charge on any atom is -0.479 e. The van der Waals surface area contributed by atoms with Crippen LogP contribution in [0.1, 0.15) is 80.2 Å². The number of pyridine rings is 1. The number of piperidine rings is 1. The van der Waals surface area contributed by atoms with E-state index in [2.05, 4.69) is 18.7 Å². The summed E-state index contributed by atoms with van der Waals surface area (Å²) in [4.78, 5) is 31.6. The number of hydrogen-bond donors (Lipinski definition) is 2. The largest absolute Gasteiger partial charge is 0.479 e. The molecule has 4 rings (SSSR count). The van der Waals surface area contributed by atoms with Gasteiger partial charge in [0.1, 0.15) is 4.88 Å². The highest BCUT2D eigenvalue weighted by Crippen LogP contribution is 2.45. The van der Waals surface area contributed by atoms with E-state index in [1.807, 2.05) is 52.8 Å². The maximum atomic E-state index is 12.6. The molecule has 7 nitrogen and oxygen atoms in total. The molecule has 1 atom stereocenters. The standard InChI is InChI=1S/C29H36N2O5S/c1-16-22(18-8-9-20-19(14-18)15-21(37-20)26(32)33)24(31-12-10-29(6,7)11-13-31)23(17(2)30-16)25(27(34)35)36-28(3,4)5/h8-9,14-15,25H,10-13H2,1-7H3,(H,32,33)(H,34,35)/t25-/m0/s1. The highest BCUT2D eigenvalue weighted by Gasteiger charge is 2.36. The third-order valence-corrected chi connectivity index (χ3v) is 8.09. The molecule has 1 aliphatic heterocycles. The van der Waals surface area contributed by atoms with Crippen LogP contribution in [-0.4, -0.2) is 45.8 Å². The van der Waals surface area contributed by atoms with Crippen LogP contribution in [0.3, 0.4) is 0 Å². The number of aromatic carboxylic acids is 1. The average Bonchev–Trinajstić information content (AvgIpc) is 3.21. The predicted molar refractivity (Wildman–Crippen MR) is 148 cm³/mol. The van der Waals surface area contributed by atoms with Crippen LogP contribution in [0, 0.1) is 19.3 Å². The van der Waals surface area contributed by atoms with Crippen LogP contribution in [0.2, 0.25) is 0 Å². The molecule has 0 saturated carbocycles. The lowest BCUT2D eigenvalue weighted by Gasteiger charge is -2.41. The van der Waals surface area contributed by atoms with Gasteiger partial charge >= 0.3 is 11.9 Å². The normalized spacial score (nSPS) is 16.7. The van der Waals surface area contributed by atoms with Crippen LogP contribution in [0.5, 0.6) is 0 Å². The number of anilines is 1. The first-order chi connectivity index (χ1) is 17.2. The molecule has 3 aromatic rings. The molecule has 1 fully saturated rings. The maximum Gasteiger partial charge on any atom is 0.345 e. The van der Waals surface area contributed by atoms with Crippen molar-refractivity contribution in [1.82, 2.24) is 4.98 Å². The van der Waals surface area contributed by atoms with Crippen molar-refractivity contribution in [2.24, 2.45) is 5.41 Å². The summed E-state index contributed by atoms with van der Waals surface area (Å²) in [5.41, 5.74) is 4.17. The van der Waals surface area contributed by atoms with E-state index < -0.39 is 23.6 Å². The van der Waals surface area contributed by atoms with Crippen molar-refractivity contribution in [2.75, 3.05) is 18.0 Å². The van der Waals surface area contributed by atoms with Crippen molar-refractivity contribution >= 4 is 39.0 Å². The second-order valence-corrected chi connectivity index (χ2v) is 12.8. The topological polar surface area (TPSA) is 100.0 Å². The Morgan fingerprint density at radius 2 is 1.73 bits per heavy atom. The van der Waals surface area contributed by atoms with Gasteiger partial charge in [0, 0.05) is 40.3 Å². The highest BCUT2D eigenvalue weighted by atomic mass is 32.1. The number of fused-ring (bicyclic) bond motifs is 1. The van der Waals surface area contributed by atoms with Crippen molar-refractivity contribution in [1.29, 1.82) is 0 Å². The van der Waals surface area contributed by atoms with Gasteiger partial charge in [-0.3, -0.25) is 4.98 Å². The van der Waals surface area contributed by atoms with Gasteiger partial charge in [-0.25, -0.2) is 9.59 Å². The molecule has 1 aromatic carbocycles. The van der Waals surface area contributed by atoms with Gasteiger partial charge in [-0.05, 0) is 82.0 Å². The molecule has 2 aromatic heterocycles. The number of carboxylic acid groups (broad SMARTS) is 2. The van der Waals surface area contributed by atoms with Gasteiger partial charge in [0.05, 0.1) is 11.3 Å². The summed E-state index contributed by atoms with van der Waals surface area (Å²) >= 11 is 1.24.